The van der Waals surface area contributed by atoms with E-state index in [1.54, 1.807) is 25.3 Å². The fraction of sp³-hybridized carbons (Fsp3) is 0.0833. The Bertz CT molecular complexity index is 1210. The lowest BCUT2D eigenvalue weighted by Gasteiger charge is -2.12. The summed E-state index contributed by atoms with van der Waals surface area (Å²) < 4.78 is 10.8. The molecule has 0 amide bonds. The monoisotopic (exact) mass is 437 g/mol. The van der Waals surface area contributed by atoms with Gasteiger partial charge in [-0.1, -0.05) is 53.5 Å². The number of pyridine rings is 1. The molecule has 0 aliphatic rings. The number of hydrogen-bond donors (Lipinski definition) is 0. The molecule has 0 aliphatic carbocycles. The molecule has 4 aromatic rings. The largest absolute Gasteiger partial charge is 0.497 e. The van der Waals surface area contributed by atoms with Gasteiger partial charge in [-0.2, -0.15) is 0 Å². The fourth-order valence-corrected chi connectivity index (χ4v) is 3.42. The zero-order valence-corrected chi connectivity index (χ0v) is 17.6. The van der Waals surface area contributed by atoms with Crippen LogP contribution in [0.25, 0.3) is 22.2 Å². The van der Waals surface area contributed by atoms with Crippen molar-refractivity contribution in [1.29, 1.82) is 0 Å². The van der Waals surface area contributed by atoms with Gasteiger partial charge in [-0.3, -0.25) is 0 Å². The molecule has 0 bridgehead atoms. The van der Waals surface area contributed by atoms with E-state index < -0.39 is 5.97 Å². The highest BCUT2D eigenvalue weighted by Crippen LogP contribution is 2.32. The van der Waals surface area contributed by atoms with Gasteiger partial charge < -0.3 is 9.47 Å². The Morgan fingerprint density at radius 3 is 2.33 bits per heavy atom. The van der Waals surface area contributed by atoms with Crippen LogP contribution < -0.4 is 4.74 Å². The molecule has 0 radical (unpaired) electrons. The van der Waals surface area contributed by atoms with Crippen molar-refractivity contribution < 1.29 is 14.3 Å². The maximum absolute atomic E-state index is 13.0. The van der Waals surface area contributed by atoms with Gasteiger partial charge in [0.25, 0.3) is 0 Å². The number of esters is 1. The number of fused-ring (bicyclic) bond motifs is 1. The zero-order valence-electron chi connectivity index (χ0n) is 16.1. The highest BCUT2D eigenvalue weighted by molar-refractivity contribution is 6.42. The molecule has 3 aromatic carbocycles. The van der Waals surface area contributed by atoms with Crippen LogP contribution in [0, 0.1) is 0 Å². The average molecular weight is 438 g/mol. The van der Waals surface area contributed by atoms with Crippen molar-refractivity contribution >= 4 is 40.1 Å². The number of aromatic nitrogens is 1. The molecule has 0 unspecified atom stereocenters. The summed E-state index contributed by atoms with van der Waals surface area (Å²) in [5.41, 5.74) is 3.29. The Morgan fingerprint density at radius 1 is 0.933 bits per heavy atom. The number of hydrogen-bond acceptors (Lipinski definition) is 4. The minimum absolute atomic E-state index is 0.169. The number of nitrogens with zero attached hydrogens (tertiary/aromatic N) is 1. The molecule has 0 spiro atoms. The number of benzene rings is 3. The lowest BCUT2D eigenvalue weighted by molar-refractivity contribution is 0.0475. The second-order valence-corrected chi connectivity index (χ2v) is 7.44. The van der Waals surface area contributed by atoms with Crippen LogP contribution in [0.4, 0.5) is 0 Å². The van der Waals surface area contributed by atoms with Gasteiger partial charge in [0, 0.05) is 10.9 Å². The summed E-state index contributed by atoms with van der Waals surface area (Å²) in [6.07, 6.45) is 0. The van der Waals surface area contributed by atoms with Crippen molar-refractivity contribution in [2.75, 3.05) is 7.11 Å². The molecular weight excluding hydrogens is 421 g/mol. The summed E-state index contributed by atoms with van der Waals surface area (Å²) in [5.74, 6) is 0.274. The lowest BCUT2D eigenvalue weighted by Crippen LogP contribution is -2.07. The van der Waals surface area contributed by atoms with Crippen molar-refractivity contribution in [3.63, 3.8) is 0 Å². The van der Waals surface area contributed by atoms with Crippen LogP contribution in [0.1, 0.15) is 15.9 Å². The lowest BCUT2D eigenvalue weighted by atomic mass is 10.0. The van der Waals surface area contributed by atoms with E-state index in [1.165, 1.54) is 0 Å². The number of halogens is 2. The highest BCUT2D eigenvalue weighted by atomic mass is 35.5. The first-order valence-corrected chi connectivity index (χ1v) is 9.96. The quantitative estimate of drug-likeness (QED) is 0.331. The Labute approximate surface area is 184 Å². The molecule has 0 saturated carbocycles. The van der Waals surface area contributed by atoms with E-state index in [1.807, 2.05) is 54.6 Å². The second kappa shape index (κ2) is 8.74. The average Bonchev–Trinajstić information content (AvgIpc) is 2.78. The number of rotatable bonds is 5. The van der Waals surface area contributed by atoms with Crippen molar-refractivity contribution in [3.05, 3.63) is 94.0 Å². The van der Waals surface area contributed by atoms with Crippen LogP contribution in [-0.2, 0) is 11.3 Å². The first-order chi connectivity index (χ1) is 14.5. The third-order valence-electron chi connectivity index (χ3n) is 4.67. The smallest absolute Gasteiger partial charge is 0.339 e. The molecule has 30 heavy (non-hydrogen) atoms. The van der Waals surface area contributed by atoms with E-state index in [0.29, 0.717) is 32.2 Å². The van der Waals surface area contributed by atoms with Gasteiger partial charge in [0.2, 0.25) is 0 Å². The third-order valence-corrected chi connectivity index (χ3v) is 5.39. The summed E-state index contributed by atoms with van der Waals surface area (Å²) in [5, 5.41) is 1.30. The van der Waals surface area contributed by atoms with Gasteiger partial charge in [-0.25, -0.2) is 9.78 Å². The molecule has 4 rings (SSSR count). The van der Waals surface area contributed by atoms with Gasteiger partial charge in [0.15, 0.2) is 0 Å². The topological polar surface area (TPSA) is 48.4 Å². The minimum atomic E-state index is -0.459. The van der Waals surface area contributed by atoms with Crippen LogP contribution in [0.15, 0.2) is 72.8 Å². The molecule has 0 fully saturated rings. The van der Waals surface area contributed by atoms with Gasteiger partial charge >= 0.3 is 5.97 Å². The predicted octanol–water partition coefficient (Wildman–Crippen LogP) is 6.57. The van der Waals surface area contributed by atoms with Crippen molar-refractivity contribution in [3.8, 4) is 17.0 Å². The Balaban J connectivity index is 1.77. The second-order valence-electron chi connectivity index (χ2n) is 6.63. The van der Waals surface area contributed by atoms with Gasteiger partial charge in [-0.05, 0) is 48.0 Å². The number of ether oxygens (including phenoxy) is 2. The normalized spacial score (nSPS) is 10.8. The number of carbonyl (C=O) groups excluding carboxylic acids is 1. The van der Waals surface area contributed by atoms with Crippen molar-refractivity contribution in [2.24, 2.45) is 0 Å². The Hall–Kier alpha value is -3.08. The fourth-order valence-electron chi connectivity index (χ4n) is 3.10. The van der Waals surface area contributed by atoms with E-state index in [0.717, 1.165) is 16.9 Å². The molecule has 150 valence electrons. The van der Waals surface area contributed by atoms with E-state index >= 15 is 0 Å². The van der Waals surface area contributed by atoms with Gasteiger partial charge in [-0.15, -0.1) is 0 Å². The van der Waals surface area contributed by atoms with E-state index in [9.17, 15) is 4.79 Å². The standard InChI is InChI=1S/C24H17Cl2NO3/c1-29-17-9-7-16(8-10-17)22-12-19(18-11-20(25)21(26)13-23(18)27-22)24(28)30-14-15-5-3-2-4-6-15/h2-13H,14H2,1H3. The minimum Gasteiger partial charge on any atom is -0.497 e. The van der Waals surface area contributed by atoms with Crippen LogP contribution in [0.5, 0.6) is 5.75 Å². The Morgan fingerprint density at radius 2 is 1.63 bits per heavy atom. The molecule has 0 saturated heterocycles. The van der Waals surface area contributed by atoms with Gasteiger partial charge in [0.05, 0.1) is 33.9 Å². The molecule has 4 nitrogen and oxygen atoms in total. The SMILES string of the molecule is COc1ccc(-c2cc(C(=O)OCc3ccccc3)c3cc(Cl)c(Cl)cc3n2)cc1. The maximum atomic E-state index is 13.0. The molecular formula is C24H17Cl2NO3. The first-order valence-electron chi connectivity index (χ1n) is 9.20. The highest BCUT2D eigenvalue weighted by Gasteiger charge is 2.17. The summed E-state index contributed by atoms with van der Waals surface area (Å²) in [4.78, 5) is 17.6. The summed E-state index contributed by atoms with van der Waals surface area (Å²) in [6, 6.07) is 21.9. The van der Waals surface area contributed by atoms with Gasteiger partial charge in [0.1, 0.15) is 12.4 Å². The van der Waals surface area contributed by atoms with E-state index in [4.69, 9.17) is 32.7 Å². The summed E-state index contributed by atoms with van der Waals surface area (Å²) in [6.45, 7) is 0.169. The summed E-state index contributed by atoms with van der Waals surface area (Å²) >= 11 is 12.4. The van der Waals surface area contributed by atoms with Crippen LogP contribution in [0.2, 0.25) is 10.0 Å². The maximum Gasteiger partial charge on any atom is 0.339 e. The first kappa shape index (κ1) is 20.2. The molecule has 6 heteroatoms. The van der Waals surface area contributed by atoms with Crippen molar-refractivity contribution in [1.82, 2.24) is 4.98 Å². The van der Waals surface area contributed by atoms with Crippen LogP contribution >= 0.6 is 23.2 Å². The number of carbonyl (C=O) groups is 1. The number of methoxy groups -OCH3 is 1. The zero-order chi connectivity index (χ0) is 21.1. The molecule has 0 aliphatic heterocycles. The summed E-state index contributed by atoms with van der Waals surface area (Å²) in [7, 11) is 1.61. The van der Waals surface area contributed by atoms with E-state index in [-0.39, 0.29) is 6.61 Å². The van der Waals surface area contributed by atoms with Crippen LogP contribution in [-0.4, -0.2) is 18.1 Å². The van der Waals surface area contributed by atoms with Crippen LogP contribution in [0.3, 0.4) is 0 Å². The molecule has 1 aromatic heterocycles. The third kappa shape index (κ3) is 4.25. The predicted molar refractivity (Wildman–Crippen MR) is 119 cm³/mol. The Kier molecular flexibility index (Phi) is 5.88. The molecule has 0 atom stereocenters. The molecule has 0 N–H and O–H groups in total. The van der Waals surface area contributed by atoms with Crippen molar-refractivity contribution in [2.45, 2.75) is 6.61 Å². The molecule has 1 heterocycles. The van der Waals surface area contributed by atoms with E-state index in [2.05, 4.69) is 4.98 Å².